The number of hydrogen-bond acceptors (Lipinski definition) is 5. The van der Waals surface area contributed by atoms with Gasteiger partial charge in [-0.15, -0.1) is 10.2 Å². The quantitative estimate of drug-likeness (QED) is 0.533. The average Bonchev–Trinajstić information content (AvgIpc) is 3.44. The molecule has 0 spiro atoms. The Hall–Kier alpha value is -3.00. The molecular weight excluding hydrogens is 352 g/mol. The SMILES string of the molecule is Cn1c(Cn2cccn2)nnc1C1CCN(Cc2cn3ccccc3n2)CC1. The molecule has 5 heterocycles. The van der Waals surface area contributed by atoms with Gasteiger partial charge in [0.05, 0.1) is 5.69 Å². The normalized spacial score (nSPS) is 16.2. The molecule has 0 bridgehead atoms. The lowest BCUT2D eigenvalue weighted by Crippen LogP contribution is -2.33. The van der Waals surface area contributed by atoms with E-state index in [0.29, 0.717) is 12.5 Å². The lowest BCUT2D eigenvalue weighted by molar-refractivity contribution is 0.198. The van der Waals surface area contributed by atoms with Gasteiger partial charge in [-0.3, -0.25) is 9.58 Å². The van der Waals surface area contributed by atoms with E-state index in [1.807, 2.05) is 41.3 Å². The van der Waals surface area contributed by atoms with Crippen LogP contribution in [0.4, 0.5) is 0 Å². The van der Waals surface area contributed by atoms with Gasteiger partial charge in [0.25, 0.3) is 0 Å². The van der Waals surface area contributed by atoms with Crippen molar-refractivity contribution in [3.05, 3.63) is 66.4 Å². The lowest BCUT2D eigenvalue weighted by Gasteiger charge is -2.30. The van der Waals surface area contributed by atoms with Crippen molar-refractivity contribution in [3.63, 3.8) is 0 Å². The van der Waals surface area contributed by atoms with E-state index in [9.17, 15) is 0 Å². The summed E-state index contributed by atoms with van der Waals surface area (Å²) >= 11 is 0. The van der Waals surface area contributed by atoms with Crippen LogP contribution in [0.15, 0.2) is 49.1 Å². The minimum Gasteiger partial charge on any atom is -0.316 e. The molecule has 0 radical (unpaired) electrons. The van der Waals surface area contributed by atoms with Crippen molar-refractivity contribution in [2.75, 3.05) is 13.1 Å². The number of aromatic nitrogens is 7. The Balaban J connectivity index is 1.21. The standard InChI is InChI=1S/C20H24N8/c1-25-19(15-28-10-4-8-21-28)23-24-20(25)16-6-11-26(12-7-16)13-17-14-27-9-3-2-5-18(27)22-17/h2-5,8-10,14,16H,6-7,11-13,15H2,1H3. The highest BCUT2D eigenvalue weighted by molar-refractivity contribution is 5.39. The molecule has 0 saturated carbocycles. The molecule has 4 aromatic rings. The number of piperidine rings is 1. The zero-order valence-corrected chi connectivity index (χ0v) is 16.0. The molecule has 0 N–H and O–H groups in total. The highest BCUT2D eigenvalue weighted by atomic mass is 15.3. The summed E-state index contributed by atoms with van der Waals surface area (Å²) < 4.78 is 6.11. The van der Waals surface area contributed by atoms with E-state index < -0.39 is 0 Å². The van der Waals surface area contributed by atoms with E-state index in [-0.39, 0.29) is 0 Å². The molecule has 8 heteroatoms. The first-order valence-corrected chi connectivity index (χ1v) is 9.77. The molecule has 0 atom stereocenters. The lowest BCUT2D eigenvalue weighted by atomic mass is 9.96. The predicted molar refractivity (Wildman–Crippen MR) is 105 cm³/mol. The van der Waals surface area contributed by atoms with Gasteiger partial charge in [0, 0.05) is 44.3 Å². The second-order valence-corrected chi connectivity index (χ2v) is 7.49. The molecule has 0 amide bonds. The smallest absolute Gasteiger partial charge is 0.154 e. The third-order valence-electron chi connectivity index (χ3n) is 5.61. The van der Waals surface area contributed by atoms with Crippen LogP contribution in [0.1, 0.15) is 36.1 Å². The van der Waals surface area contributed by atoms with Crippen LogP contribution in [-0.2, 0) is 20.1 Å². The monoisotopic (exact) mass is 376 g/mol. The van der Waals surface area contributed by atoms with Crippen molar-refractivity contribution < 1.29 is 0 Å². The Labute approximate surface area is 163 Å². The van der Waals surface area contributed by atoms with E-state index >= 15 is 0 Å². The third-order valence-corrected chi connectivity index (χ3v) is 5.61. The number of fused-ring (bicyclic) bond motifs is 1. The molecule has 0 unspecified atom stereocenters. The summed E-state index contributed by atoms with van der Waals surface area (Å²) in [4.78, 5) is 7.21. The Morgan fingerprint density at radius 1 is 1.04 bits per heavy atom. The number of nitrogens with zero attached hydrogens (tertiary/aromatic N) is 8. The summed E-state index contributed by atoms with van der Waals surface area (Å²) in [5.41, 5.74) is 2.14. The molecule has 1 aliphatic rings. The maximum atomic E-state index is 4.72. The van der Waals surface area contributed by atoms with Crippen molar-refractivity contribution in [2.24, 2.45) is 7.05 Å². The molecule has 0 aliphatic carbocycles. The van der Waals surface area contributed by atoms with Crippen LogP contribution in [0, 0.1) is 0 Å². The zero-order valence-electron chi connectivity index (χ0n) is 16.0. The van der Waals surface area contributed by atoms with Crippen LogP contribution in [0.3, 0.4) is 0 Å². The molecule has 0 aromatic carbocycles. The van der Waals surface area contributed by atoms with Crippen molar-refractivity contribution in [3.8, 4) is 0 Å². The maximum Gasteiger partial charge on any atom is 0.154 e. The fourth-order valence-electron chi connectivity index (χ4n) is 4.05. The molecule has 1 fully saturated rings. The third kappa shape index (κ3) is 3.31. The van der Waals surface area contributed by atoms with Crippen LogP contribution >= 0.6 is 0 Å². The summed E-state index contributed by atoms with van der Waals surface area (Å²) in [5.74, 6) is 2.50. The first kappa shape index (κ1) is 17.1. The largest absolute Gasteiger partial charge is 0.316 e. The molecule has 1 aliphatic heterocycles. The summed E-state index contributed by atoms with van der Waals surface area (Å²) in [6, 6.07) is 8.03. The fourth-order valence-corrected chi connectivity index (χ4v) is 4.05. The summed E-state index contributed by atoms with van der Waals surface area (Å²) in [5, 5.41) is 13.2. The Bertz CT molecular complexity index is 1020. The van der Waals surface area contributed by atoms with E-state index in [0.717, 1.165) is 55.5 Å². The van der Waals surface area contributed by atoms with Crippen molar-refractivity contribution in [2.45, 2.75) is 31.8 Å². The van der Waals surface area contributed by atoms with Crippen molar-refractivity contribution in [1.29, 1.82) is 0 Å². The maximum absolute atomic E-state index is 4.72. The number of likely N-dealkylation sites (tertiary alicyclic amines) is 1. The van der Waals surface area contributed by atoms with E-state index in [1.165, 1.54) is 0 Å². The number of pyridine rings is 1. The predicted octanol–water partition coefficient (Wildman–Crippen LogP) is 2.09. The highest BCUT2D eigenvalue weighted by Crippen LogP contribution is 2.27. The van der Waals surface area contributed by atoms with Crippen LogP contribution in [0.25, 0.3) is 5.65 Å². The summed E-state index contributed by atoms with van der Waals surface area (Å²) in [6.45, 7) is 3.67. The molecule has 28 heavy (non-hydrogen) atoms. The Kier molecular flexibility index (Phi) is 4.40. The Morgan fingerprint density at radius 2 is 1.93 bits per heavy atom. The van der Waals surface area contributed by atoms with E-state index in [1.54, 1.807) is 6.20 Å². The number of hydrogen-bond donors (Lipinski definition) is 0. The molecular formula is C20H24N8. The van der Waals surface area contributed by atoms with Crippen LogP contribution in [0.2, 0.25) is 0 Å². The first-order chi connectivity index (χ1) is 13.8. The zero-order chi connectivity index (χ0) is 18.9. The van der Waals surface area contributed by atoms with Gasteiger partial charge in [-0.2, -0.15) is 5.10 Å². The minimum absolute atomic E-state index is 0.459. The van der Waals surface area contributed by atoms with Gasteiger partial charge in [-0.25, -0.2) is 4.98 Å². The highest BCUT2D eigenvalue weighted by Gasteiger charge is 2.25. The number of rotatable bonds is 5. The molecule has 5 rings (SSSR count). The average molecular weight is 376 g/mol. The molecule has 1 saturated heterocycles. The molecule has 144 valence electrons. The summed E-state index contributed by atoms with van der Waals surface area (Å²) in [6.07, 6.45) is 10.1. The van der Waals surface area contributed by atoms with Crippen LogP contribution < -0.4 is 0 Å². The molecule has 8 nitrogen and oxygen atoms in total. The summed E-state index contributed by atoms with van der Waals surface area (Å²) in [7, 11) is 2.07. The minimum atomic E-state index is 0.459. The van der Waals surface area contributed by atoms with Gasteiger partial charge in [0.1, 0.15) is 18.0 Å². The second kappa shape index (κ2) is 7.20. The first-order valence-electron chi connectivity index (χ1n) is 9.77. The number of imidazole rings is 1. The van der Waals surface area contributed by atoms with Crippen LogP contribution in [-0.4, -0.2) is 51.9 Å². The Morgan fingerprint density at radius 3 is 2.71 bits per heavy atom. The fraction of sp³-hybridized carbons (Fsp3) is 0.400. The topological polar surface area (TPSA) is 69.1 Å². The van der Waals surface area contributed by atoms with Gasteiger partial charge < -0.3 is 8.97 Å². The molecule has 4 aromatic heterocycles. The second-order valence-electron chi connectivity index (χ2n) is 7.49. The van der Waals surface area contributed by atoms with Gasteiger partial charge in [0.15, 0.2) is 5.82 Å². The van der Waals surface area contributed by atoms with Crippen molar-refractivity contribution in [1.82, 2.24) is 38.8 Å². The van der Waals surface area contributed by atoms with E-state index in [4.69, 9.17) is 4.98 Å². The van der Waals surface area contributed by atoms with Gasteiger partial charge >= 0.3 is 0 Å². The van der Waals surface area contributed by atoms with Gasteiger partial charge in [-0.1, -0.05) is 6.07 Å². The van der Waals surface area contributed by atoms with Gasteiger partial charge in [-0.05, 0) is 44.1 Å². The van der Waals surface area contributed by atoms with Crippen LogP contribution in [0.5, 0.6) is 0 Å². The van der Waals surface area contributed by atoms with Gasteiger partial charge in [0.2, 0.25) is 0 Å². The van der Waals surface area contributed by atoms with E-state index in [2.05, 4.69) is 42.4 Å². The van der Waals surface area contributed by atoms with Crippen molar-refractivity contribution >= 4 is 5.65 Å².